The van der Waals surface area contributed by atoms with E-state index < -0.39 is 0 Å². The van der Waals surface area contributed by atoms with Gasteiger partial charge in [0.05, 0.1) is 6.20 Å². The molecular formula is C12H13N3O2. The zero-order valence-corrected chi connectivity index (χ0v) is 9.24. The number of anilines is 1. The van der Waals surface area contributed by atoms with Gasteiger partial charge in [-0.15, -0.1) is 0 Å². The van der Waals surface area contributed by atoms with Gasteiger partial charge in [-0.1, -0.05) is 18.2 Å². The Kier molecular flexibility index (Phi) is 3.75. The molecule has 0 saturated heterocycles. The molecule has 0 aliphatic rings. The second-order valence-electron chi connectivity index (χ2n) is 3.29. The van der Waals surface area contributed by atoms with Crippen LogP contribution in [0.25, 0.3) is 0 Å². The molecule has 0 spiro atoms. The van der Waals surface area contributed by atoms with Crippen molar-refractivity contribution in [3.05, 3.63) is 42.9 Å². The number of benzene rings is 1. The lowest BCUT2D eigenvalue weighted by atomic mass is 10.3. The normalized spacial score (nSPS) is 9.88. The summed E-state index contributed by atoms with van der Waals surface area (Å²) in [4.78, 5) is 7.68. The Bertz CT molecular complexity index is 462. The van der Waals surface area contributed by atoms with Crippen LogP contribution in [0.5, 0.6) is 11.6 Å². The van der Waals surface area contributed by atoms with E-state index in [1.807, 2.05) is 30.3 Å². The molecule has 0 bridgehead atoms. The monoisotopic (exact) mass is 231 g/mol. The third kappa shape index (κ3) is 3.34. The highest BCUT2D eigenvalue weighted by atomic mass is 16.5. The molecule has 0 radical (unpaired) electrons. The molecule has 5 heteroatoms. The summed E-state index contributed by atoms with van der Waals surface area (Å²) >= 11 is 0. The van der Waals surface area contributed by atoms with Gasteiger partial charge in [0.1, 0.15) is 31.0 Å². The summed E-state index contributed by atoms with van der Waals surface area (Å²) in [5.74, 6) is 1.20. The predicted molar refractivity (Wildman–Crippen MR) is 63.9 cm³/mol. The van der Waals surface area contributed by atoms with Crippen molar-refractivity contribution in [1.82, 2.24) is 9.97 Å². The van der Waals surface area contributed by atoms with Crippen molar-refractivity contribution in [2.45, 2.75) is 0 Å². The Labute approximate surface area is 99.2 Å². The molecule has 0 fully saturated rings. The van der Waals surface area contributed by atoms with E-state index >= 15 is 0 Å². The largest absolute Gasteiger partial charge is 0.490 e. The van der Waals surface area contributed by atoms with E-state index in [0.717, 1.165) is 5.75 Å². The molecule has 0 atom stereocenters. The zero-order valence-electron chi connectivity index (χ0n) is 9.24. The van der Waals surface area contributed by atoms with Crippen LogP contribution in [-0.4, -0.2) is 23.2 Å². The molecule has 0 aliphatic carbocycles. The summed E-state index contributed by atoms with van der Waals surface area (Å²) in [7, 11) is 0. The Morgan fingerprint density at radius 3 is 2.59 bits per heavy atom. The standard InChI is InChI=1S/C12H13N3O2/c13-11-8-14-9-15-12(11)17-7-6-16-10-4-2-1-3-5-10/h1-5,8-9H,6-7,13H2. The summed E-state index contributed by atoms with van der Waals surface area (Å²) in [6, 6.07) is 9.54. The highest BCUT2D eigenvalue weighted by Crippen LogP contribution is 2.14. The number of hydrogen-bond donors (Lipinski definition) is 1. The van der Waals surface area contributed by atoms with Crippen molar-refractivity contribution in [2.24, 2.45) is 0 Å². The molecule has 1 heterocycles. The quantitative estimate of drug-likeness (QED) is 0.790. The predicted octanol–water partition coefficient (Wildman–Crippen LogP) is 1.52. The van der Waals surface area contributed by atoms with Crippen LogP contribution in [0.4, 0.5) is 5.69 Å². The van der Waals surface area contributed by atoms with Crippen LogP contribution in [0.15, 0.2) is 42.9 Å². The maximum atomic E-state index is 5.62. The number of ether oxygens (including phenoxy) is 2. The van der Waals surface area contributed by atoms with E-state index in [1.54, 1.807) is 0 Å². The van der Waals surface area contributed by atoms with Crippen LogP contribution >= 0.6 is 0 Å². The molecule has 1 aromatic heterocycles. The molecular weight excluding hydrogens is 218 g/mol. The minimum Gasteiger partial charge on any atom is -0.490 e. The summed E-state index contributed by atoms with van der Waals surface area (Å²) in [6.45, 7) is 0.823. The summed E-state index contributed by atoms with van der Waals surface area (Å²) in [5, 5.41) is 0. The van der Waals surface area contributed by atoms with Crippen LogP contribution in [-0.2, 0) is 0 Å². The fraction of sp³-hybridized carbons (Fsp3) is 0.167. The minimum absolute atomic E-state index is 0.385. The molecule has 17 heavy (non-hydrogen) atoms. The molecule has 0 unspecified atom stereocenters. The van der Waals surface area contributed by atoms with Crippen LogP contribution < -0.4 is 15.2 Å². The maximum absolute atomic E-state index is 5.62. The van der Waals surface area contributed by atoms with Crippen LogP contribution in [0.1, 0.15) is 0 Å². The molecule has 2 N–H and O–H groups in total. The third-order valence-corrected chi connectivity index (χ3v) is 2.04. The van der Waals surface area contributed by atoms with Crippen LogP contribution in [0.2, 0.25) is 0 Å². The lowest BCUT2D eigenvalue weighted by Gasteiger charge is -2.08. The number of nitrogens with two attached hydrogens (primary N) is 1. The zero-order chi connectivity index (χ0) is 11.9. The fourth-order valence-corrected chi connectivity index (χ4v) is 1.26. The first-order valence-corrected chi connectivity index (χ1v) is 5.22. The molecule has 0 saturated carbocycles. The number of aromatic nitrogens is 2. The maximum Gasteiger partial charge on any atom is 0.240 e. The fourth-order valence-electron chi connectivity index (χ4n) is 1.26. The van der Waals surface area contributed by atoms with Gasteiger partial charge in [0.2, 0.25) is 5.88 Å². The Morgan fingerprint density at radius 2 is 1.82 bits per heavy atom. The summed E-state index contributed by atoms with van der Waals surface area (Å²) in [6.07, 6.45) is 2.89. The van der Waals surface area contributed by atoms with Crippen molar-refractivity contribution in [3.8, 4) is 11.6 Å². The number of nitrogen functional groups attached to an aromatic ring is 1. The molecule has 2 rings (SSSR count). The molecule has 2 aromatic rings. The summed E-state index contributed by atoms with van der Waals surface area (Å²) in [5.41, 5.74) is 6.05. The molecule has 5 nitrogen and oxygen atoms in total. The first-order valence-electron chi connectivity index (χ1n) is 5.22. The van der Waals surface area contributed by atoms with Crippen LogP contribution in [0.3, 0.4) is 0 Å². The molecule has 0 amide bonds. The second kappa shape index (κ2) is 5.69. The average molecular weight is 231 g/mol. The van der Waals surface area contributed by atoms with Gasteiger partial charge in [-0.3, -0.25) is 0 Å². The minimum atomic E-state index is 0.385. The number of para-hydroxylation sites is 1. The number of hydrogen-bond acceptors (Lipinski definition) is 5. The Balaban J connectivity index is 1.76. The smallest absolute Gasteiger partial charge is 0.240 e. The van der Waals surface area contributed by atoms with E-state index in [9.17, 15) is 0 Å². The van der Waals surface area contributed by atoms with Gasteiger partial charge < -0.3 is 15.2 Å². The topological polar surface area (TPSA) is 70.3 Å². The van der Waals surface area contributed by atoms with E-state index in [-0.39, 0.29) is 0 Å². The van der Waals surface area contributed by atoms with Gasteiger partial charge in [-0.25, -0.2) is 9.97 Å². The van der Waals surface area contributed by atoms with E-state index in [0.29, 0.717) is 24.8 Å². The van der Waals surface area contributed by atoms with E-state index in [2.05, 4.69) is 9.97 Å². The Hall–Kier alpha value is -2.30. The first-order chi connectivity index (χ1) is 8.36. The highest BCUT2D eigenvalue weighted by Gasteiger charge is 2.00. The lowest BCUT2D eigenvalue weighted by molar-refractivity contribution is 0.212. The first kappa shape index (κ1) is 11.2. The van der Waals surface area contributed by atoms with Crippen molar-refractivity contribution >= 4 is 5.69 Å². The van der Waals surface area contributed by atoms with Gasteiger partial charge >= 0.3 is 0 Å². The number of rotatable bonds is 5. The van der Waals surface area contributed by atoms with Gasteiger partial charge in [0, 0.05) is 0 Å². The van der Waals surface area contributed by atoms with Gasteiger partial charge in [-0.05, 0) is 12.1 Å². The van der Waals surface area contributed by atoms with Crippen LogP contribution in [0, 0.1) is 0 Å². The SMILES string of the molecule is Nc1cncnc1OCCOc1ccccc1. The van der Waals surface area contributed by atoms with Gasteiger partial charge in [0.25, 0.3) is 0 Å². The Morgan fingerprint density at radius 1 is 1.06 bits per heavy atom. The van der Waals surface area contributed by atoms with Crippen molar-refractivity contribution < 1.29 is 9.47 Å². The summed E-state index contributed by atoms with van der Waals surface area (Å²) < 4.78 is 10.8. The molecule has 0 aliphatic heterocycles. The second-order valence-corrected chi connectivity index (χ2v) is 3.29. The van der Waals surface area contributed by atoms with Gasteiger partial charge in [-0.2, -0.15) is 0 Å². The highest BCUT2D eigenvalue weighted by molar-refractivity contribution is 5.44. The van der Waals surface area contributed by atoms with Crippen molar-refractivity contribution in [1.29, 1.82) is 0 Å². The van der Waals surface area contributed by atoms with E-state index in [4.69, 9.17) is 15.2 Å². The molecule has 1 aromatic carbocycles. The molecule has 88 valence electrons. The average Bonchev–Trinajstić information content (AvgIpc) is 2.38. The lowest BCUT2D eigenvalue weighted by Crippen LogP contribution is -2.10. The third-order valence-electron chi connectivity index (χ3n) is 2.04. The van der Waals surface area contributed by atoms with Gasteiger partial charge in [0.15, 0.2) is 0 Å². The van der Waals surface area contributed by atoms with Crippen molar-refractivity contribution in [3.63, 3.8) is 0 Å². The number of nitrogens with zero attached hydrogens (tertiary/aromatic N) is 2. The van der Waals surface area contributed by atoms with E-state index in [1.165, 1.54) is 12.5 Å². The van der Waals surface area contributed by atoms with Crippen molar-refractivity contribution in [2.75, 3.05) is 18.9 Å².